The molecule has 0 bridgehead atoms. The molecule has 0 saturated heterocycles. The van der Waals surface area contributed by atoms with E-state index in [-0.39, 0.29) is 6.10 Å². The molecule has 0 aliphatic heterocycles. The van der Waals surface area contributed by atoms with Gasteiger partial charge in [0, 0.05) is 0 Å². The van der Waals surface area contributed by atoms with Gasteiger partial charge in [0.25, 0.3) is 0 Å². The zero-order valence-electron chi connectivity index (χ0n) is 18.5. The van der Waals surface area contributed by atoms with Crippen LogP contribution in [0.4, 0.5) is 0 Å². The predicted molar refractivity (Wildman–Crippen MR) is 113 cm³/mol. The molecule has 1 aliphatic rings. The summed E-state index contributed by atoms with van der Waals surface area (Å²) in [4.78, 5) is 24.9. The molecule has 1 aromatic carbocycles. The van der Waals surface area contributed by atoms with Gasteiger partial charge in [0.2, 0.25) is 0 Å². The third kappa shape index (κ3) is 6.76. The van der Waals surface area contributed by atoms with Crippen LogP contribution in [0, 0.1) is 11.3 Å². The lowest BCUT2D eigenvalue weighted by atomic mass is 9.82. The fourth-order valence-electron chi connectivity index (χ4n) is 3.61. The van der Waals surface area contributed by atoms with Crippen molar-refractivity contribution in [2.45, 2.75) is 78.2 Å². The normalized spacial score (nSPS) is 19.7. The molecule has 162 valence electrons. The minimum absolute atomic E-state index is 0.134. The number of carbonyl (C=O) groups is 2. The van der Waals surface area contributed by atoms with Gasteiger partial charge in [-0.05, 0) is 81.9 Å². The van der Waals surface area contributed by atoms with E-state index in [2.05, 4.69) is 26.0 Å². The van der Waals surface area contributed by atoms with Crippen molar-refractivity contribution in [2.24, 2.45) is 11.3 Å². The van der Waals surface area contributed by atoms with Crippen molar-refractivity contribution in [1.29, 1.82) is 0 Å². The Hall–Kier alpha value is -2.04. The molecule has 0 amide bonds. The molecule has 0 N–H and O–H groups in total. The van der Waals surface area contributed by atoms with Gasteiger partial charge in [-0.25, -0.2) is 0 Å². The average molecular weight is 405 g/mol. The molecular weight excluding hydrogens is 368 g/mol. The van der Waals surface area contributed by atoms with Crippen LogP contribution in [0.15, 0.2) is 24.3 Å². The lowest BCUT2D eigenvalue weighted by molar-refractivity contribution is -0.174. The first-order chi connectivity index (χ1) is 13.7. The van der Waals surface area contributed by atoms with E-state index in [1.54, 1.807) is 21.0 Å². The van der Waals surface area contributed by atoms with Crippen LogP contribution in [0.3, 0.4) is 0 Å². The third-order valence-electron chi connectivity index (χ3n) is 5.71. The summed E-state index contributed by atoms with van der Waals surface area (Å²) >= 11 is 0. The van der Waals surface area contributed by atoms with Crippen LogP contribution in [0.1, 0.15) is 77.7 Å². The van der Waals surface area contributed by atoms with Crippen LogP contribution in [-0.4, -0.2) is 31.8 Å². The highest BCUT2D eigenvalue weighted by atomic mass is 16.6. The van der Waals surface area contributed by atoms with E-state index in [9.17, 15) is 9.59 Å². The SMILES string of the molecule is COc1ccc(C2CCC(OC(=O)C(C)(C)C(=O)OCCCC(C)C)CC2)cc1. The van der Waals surface area contributed by atoms with Gasteiger partial charge < -0.3 is 14.2 Å². The summed E-state index contributed by atoms with van der Waals surface area (Å²) in [6.45, 7) is 7.78. The van der Waals surface area contributed by atoms with Crippen LogP contribution >= 0.6 is 0 Å². The molecule has 1 aromatic rings. The number of hydrogen-bond acceptors (Lipinski definition) is 5. The Balaban J connectivity index is 1.79. The molecule has 1 saturated carbocycles. The van der Waals surface area contributed by atoms with Crippen LogP contribution in [0.25, 0.3) is 0 Å². The highest BCUT2D eigenvalue weighted by molar-refractivity contribution is 5.99. The average Bonchev–Trinajstić information content (AvgIpc) is 2.71. The molecule has 1 aliphatic carbocycles. The molecule has 5 heteroatoms. The van der Waals surface area contributed by atoms with Crippen molar-refractivity contribution in [3.8, 4) is 5.75 Å². The molecule has 0 heterocycles. The van der Waals surface area contributed by atoms with Crippen molar-refractivity contribution in [3.63, 3.8) is 0 Å². The number of carbonyl (C=O) groups excluding carboxylic acids is 2. The summed E-state index contributed by atoms with van der Waals surface area (Å²) in [5, 5.41) is 0. The summed E-state index contributed by atoms with van der Waals surface area (Å²) in [7, 11) is 1.66. The second-order valence-corrected chi connectivity index (χ2v) is 8.95. The maximum atomic E-state index is 12.6. The second kappa shape index (κ2) is 10.7. The zero-order chi connectivity index (χ0) is 21.4. The van der Waals surface area contributed by atoms with E-state index >= 15 is 0 Å². The molecule has 0 aromatic heterocycles. The minimum Gasteiger partial charge on any atom is -0.497 e. The van der Waals surface area contributed by atoms with Gasteiger partial charge in [0.05, 0.1) is 13.7 Å². The fourth-order valence-corrected chi connectivity index (χ4v) is 3.61. The molecule has 1 fully saturated rings. The first-order valence-electron chi connectivity index (χ1n) is 10.8. The van der Waals surface area contributed by atoms with E-state index in [1.165, 1.54) is 5.56 Å². The Kier molecular flexibility index (Phi) is 8.54. The van der Waals surface area contributed by atoms with Crippen molar-refractivity contribution >= 4 is 11.9 Å². The Bertz CT molecular complexity index is 654. The molecule has 2 rings (SSSR count). The van der Waals surface area contributed by atoms with Gasteiger partial charge in [-0.1, -0.05) is 26.0 Å². The highest BCUT2D eigenvalue weighted by Crippen LogP contribution is 2.35. The molecule has 5 nitrogen and oxygen atoms in total. The summed E-state index contributed by atoms with van der Waals surface area (Å²) < 4.78 is 16.2. The number of methoxy groups -OCH3 is 1. The zero-order valence-corrected chi connectivity index (χ0v) is 18.5. The highest BCUT2D eigenvalue weighted by Gasteiger charge is 2.41. The lowest BCUT2D eigenvalue weighted by Crippen LogP contribution is -2.39. The Labute approximate surface area is 175 Å². The largest absolute Gasteiger partial charge is 0.497 e. The van der Waals surface area contributed by atoms with Gasteiger partial charge >= 0.3 is 11.9 Å². The van der Waals surface area contributed by atoms with Crippen molar-refractivity contribution < 1.29 is 23.8 Å². The first kappa shape index (κ1) is 23.2. The van der Waals surface area contributed by atoms with Crippen molar-refractivity contribution in [1.82, 2.24) is 0 Å². The van der Waals surface area contributed by atoms with Crippen LogP contribution in [0.2, 0.25) is 0 Å². The summed E-state index contributed by atoms with van der Waals surface area (Å²) in [6.07, 6.45) is 5.21. The number of ether oxygens (including phenoxy) is 3. The topological polar surface area (TPSA) is 61.8 Å². The van der Waals surface area contributed by atoms with E-state index in [1.807, 2.05) is 12.1 Å². The number of rotatable bonds is 9. The fraction of sp³-hybridized carbons (Fsp3) is 0.667. The number of benzene rings is 1. The van der Waals surface area contributed by atoms with Crippen LogP contribution < -0.4 is 4.74 Å². The van der Waals surface area contributed by atoms with Gasteiger partial charge in [-0.15, -0.1) is 0 Å². The van der Waals surface area contributed by atoms with Crippen LogP contribution in [0.5, 0.6) is 5.75 Å². The van der Waals surface area contributed by atoms with E-state index in [4.69, 9.17) is 14.2 Å². The Morgan fingerprint density at radius 3 is 2.21 bits per heavy atom. The van der Waals surface area contributed by atoms with Crippen molar-refractivity contribution in [3.05, 3.63) is 29.8 Å². The second-order valence-electron chi connectivity index (χ2n) is 8.95. The maximum absolute atomic E-state index is 12.6. The minimum atomic E-state index is -1.27. The van der Waals surface area contributed by atoms with Crippen LogP contribution in [-0.2, 0) is 19.1 Å². The summed E-state index contributed by atoms with van der Waals surface area (Å²) in [6, 6.07) is 8.18. The molecule has 0 unspecified atom stereocenters. The number of hydrogen-bond donors (Lipinski definition) is 0. The molecule has 0 spiro atoms. The third-order valence-corrected chi connectivity index (χ3v) is 5.71. The number of esters is 2. The predicted octanol–water partition coefficient (Wildman–Crippen LogP) is 5.27. The first-order valence-corrected chi connectivity index (χ1v) is 10.8. The quantitative estimate of drug-likeness (QED) is 0.319. The Morgan fingerprint density at radius 1 is 1.03 bits per heavy atom. The Morgan fingerprint density at radius 2 is 1.66 bits per heavy atom. The molecule has 0 atom stereocenters. The van der Waals surface area contributed by atoms with E-state index in [0.717, 1.165) is 44.3 Å². The van der Waals surface area contributed by atoms with Gasteiger partial charge in [-0.3, -0.25) is 9.59 Å². The standard InChI is InChI=1S/C24H36O5/c1-17(2)7-6-16-28-22(25)24(3,4)23(26)29-21-14-10-19(11-15-21)18-8-12-20(27-5)13-9-18/h8-9,12-13,17,19,21H,6-7,10-11,14-16H2,1-5H3. The summed E-state index contributed by atoms with van der Waals surface area (Å²) in [5.74, 6) is 0.904. The van der Waals surface area contributed by atoms with Gasteiger partial charge in [0.15, 0.2) is 5.41 Å². The van der Waals surface area contributed by atoms with Gasteiger partial charge in [-0.2, -0.15) is 0 Å². The lowest BCUT2D eigenvalue weighted by Gasteiger charge is -2.31. The monoisotopic (exact) mass is 404 g/mol. The smallest absolute Gasteiger partial charge is 0.323 e. The maximum Gasteiger partial charge on any atom is 0.323 e. The van der Waals surface area contributed by atoms with E-state index in [0.29, 0.717) is 18.4 Å². The van der Waals surface area contributed by atoms with Gasteiger partial charge in [0.1, 0.15) is 11.9 Å². The van der Waals surface area contributed by atoms with E-state index < -0.39 is 17.4 Å². The summed E-state index contributed by atoms with van der Waals surface area (Å²) in [5.41, 5.74) is 0.0193. The molecule has 29 heavy (non-hydrogen) atoms. The van der Waals surface area contributed by atoms with Crippen molar-refractivity contribution in [2.75, 3.05) is 13.7 Å². The molecule has 0 radical (unpaired) electrons. The molecular formula is C24H36O5.